The van der Waals surface area contributed by atoms with Gasteiger partial charge in [-0.05, 0) is 13.0 Å². The van der Waals surface area contributed by atoms with E-state index in [1.807, 2.05) is 0 Å². The second-order valence-corrected chi connectivity index (χ2v) is 8.48. The van der Waals surface area contributed by atoms with E-state index >= 15 is 0 Å². The number of ether oxygens (including phenoxy) is 2. The molecule has 1 fully saturated rings. The number of methoxy groups -OCH3 is 1. The van der Waals surface area contributed by atoms with E-state index in [-0.39, 0.29) is 41.8 Å². The monoisotopic (exact) mass is 505 g/mol. The lowest BCUT2D eigenvalue weighted by atomic mass is 10.0. The average Bonchev–Trinajstić information content (AvgIpc) is 2.86. The molecule has 12 heteroatoms. The molecule has 4 rings (SSSR count). The summed E-state index contributed by atoms with van der Waals surface area (Å²) in [5.41, 5.74) is -1.05. The van der Waals surface area contributed by atoms with Crippen LogP contribution in [0.4, 0.5) is 19.0 Å². The average molecular weight is 505 g/mol. The van der Waals surface area contributed by atoms with Gasteiger partial charge in [-0.1, -0.05) is 18.2 Å². The number of anilines is 1. The summed E-state index contributed by atoms with van der Waals surface area (Å²) in [6.45, 7) is 2.75. The summed E-state index contributed by atoms with van der Waals surface area (Å²) >= 11 is 0. The van der Waals surface area contributed by atoms with Crippen LogP contribution in [0.1, 0.15) is 40.9 Å². The van der Waals surface area contributed by atoms with E-state index in [9.17, 15) is 22.8 Å². The largest absolute Gasteiger partial charge is 0.382 e. The number of aromatic nitrogens is 3. The molecule has 9 nitrogen and oxygen atoms in total. The van der Waals surface area contributed by atoms with Crippen LogP contribution in [0.15, 0.2) is 35.4 Å². The van der Waals surface area contributed by atoms with E-state index in [1.165, 1.54) is 43.3 Å². The Hall–Kier alpha value is -3.51. The van der Waals surface area contributed by atoms with Gasteiger partial charge >= 0.3 is 0 Å². The van der Waals surface area contributed by atoms with Gasteiger partial charge in [0.15, 0.2) is 0 Å². The van der Waals surface area contributed by atoms with Gasteiger partial charge in [0.2, 0.25) is 0 Å². The first kappa shape index (κ1) is 25.6. The van der Waals surface area contributed by atoms with Gasteiger partial charge in [0.1, 0.15) is 29.2 Å². The molecule has 1 aromatic carbocycles. The Labute approximate surface area is 204 Å². The van der Waals surface area contributed by atoms with Crippen LogP contribution in [0.2, 0.25) is 0 Å². The summed E-state index contributed by atoms with van der Waals surface area (Å²) in [6.07, 6.45) is -1.73. The number of amides is 1. The van der Waals surface area contributed by atoms with Crippen molar-refractivity contribution in [2.45, 2.75) is 25.4 Å². The summed E-state index contributed by atoms with van der Waals surface area (Å²) in [4.78, 5) is 36.4. The number of pyridine rings is 1. The fourth-order valence-corrected chi connectivity index (χ4v) is 4.30. The second-order valence-electron chi connectivity index (χ2n) is 8.48. The minimum atomic E-state index is -2.96. The molecule has 1 aliphatic rings. The Balaban J connectivity index is 1.74. The van der Waals surface area contributed by atoms with Crippen LogP contribution >= 0.6 is 0 Å². The first-order valence-electron chi connectivity index (χ1n) is 11.3. The number of morpholine rings is 1. The number of hydrogen-bond donors (Lipinski definition) is 1. The van der Waals surface area contributed by atoms with E-state index in [4.69, 9.17) is 9.47 Å². The third kappa shape index (κ3) is 4.78. The molecule has 0 aliphatic carbocycles. The van der Waals surface area contributed by atoms with Crippen LogP contribution < -0.4 is 10.9 Å². The van der Waals surface area contributed by atoms with Crippen LogP contribution in [-0.2, 0) is 16.5 Å². The molecule has 0 radical (unpaired) electrons. The molecule has 0 saturated carbocycles. The molecule has 2 atom stereocenters. The Kier molecular flexibility index (Phi) is 7.55. The van der Waals surface area contributed by atoms with E-state index in [1.54, 1.807) is 11.8 Å². The molecule has 3 heterocycles. The smallest absolute Gasteiger partial charge is 0.266 e. The van der Waals surface area contributed by atoms with E-state index < -0.39 is 35.3 Å². The Morgan fingerprint density at radius 3 is 2.78 bits per heavy atom. The van der Waals surface area contributed by atoms with E-state index in [2.05, 4.69) is 15.3 Å². The van der Waals surface area contributed by atoms with Gasteiger partial charge in [-0.3, -0.25) is 14.2 Å². The number of nitrogens with zero attached hydrogens (tertiary/aromatic N) is 4. The fourth-order valence-electron chi connectivity index (χ4n) is 4.30. The van der Waals surface area contributed by atoms with Gasteiger partial charge in [0.05, 0.1) is 42.9 Å². The molecule has 0 spiro atoms. The van der Waals surface area contributed by atoms with Crippen LogP contribution in [0, 0.1) is 5.82 Å². The molecule has 36 heavy (non-hydrogen) atoms. The predicted molar refractivity (Wildman–Crippen MR) is 126 cm³/mol. The molecular weight excluding hydrogens is 479 g/mol. The van der Waals surface area contributed by atoms with Crippen LogP contribution in [-0.4, -0.2) is 64.9 Å². The highest BCUT2D eigenvalue weighted by Gasteiger charge is 2.30. The maximum atomic E-state index is 14.7. The van der Waals surface area contributed by atoms with Gasteiger partial charge in [-0.15, -0.1) is 0 Å². The van der Waals surface area contributed by atoms with Crippen molar-refractivity contribution < 1.29 is 27.4 Å². The van der Waals surface area contributed by atoms with Crippen LogP contribution in [0.3, 0.4) is 0 Å². The molecule has 1 aliphatic heterocycles. The van der Waals surface area contributed by atoms with Crippen molar-refractivity contribution in [2.24, 2.45) is 7.05 Å². The van der Waals surface area contributed by atoms with Gasteiger partial charge in [0, 0.05) is 26.3 Å². The zero-order valence-corrected chi connectivity index (χ0v) is 20.0. The number of rotatable bonds is 7. The lowest BCUT2D eigenvalue weighted by Gasteiger charge is -2.35. The standard InChI is InChI=1S/C24H26F3N5O4/c1-13(15-5-4-6-16(19(15)25)20(26)27)30-21-17-9-18(23(33)31(2)22(17)29-12-28-21)24(34)32-7-8-36-11-14(32)10-35-3/h4-6,9,12-14,20H,7-8,10-11H2,1-3H3,(H,28,29,30)/t13-,14?/m1/s1. The van der Waals surface area contributed by atoms with Crippen LogP contribution in [0.25, 0.3) is 11.0 Å². The number of carbonyl (C=O) groups excluding carboxylic acids is 1. The number of nitrogens with one attached hydrogen (secondary N) is 1. The summed E-state index contributed by atoms with van der Waals surface area (Å²) < 4.78 is 52.9. The highest BCUT2D eigenvalue weighted by molar-refractivity contribution is 5.99. The summed E-state index contributed by atoms with van der Waals surface area (Å²) in [5.74, 6) is -1.28. The highest BCUT2D eigenvalue weighted by atomic mass is 19.3. The van der Waals surface area contributed by atoms with E-state index in [0.717, 1.165) is 6.07 Å². The SMILES string of the molecule is COCC1COCCN1C(=O)c1cc2c(N[C@H](C)c3cccc(C(F)F)c3F)ncnc2n(C)c1=O. The molecule has 1 amide bonds. The van der Waals surface area contributed by atoms with Crippen LogP contribution in [0.5, 0.6) is 0 Å². The molecule has 1 unspecified atom stereocenters. The molecule has 2 aromatic heterocycles. The first-order chi connectivity index (χ1) is 17.2. The van der Waals surface area contributed by atoms with Crippen molar-refractivity contribution in [3.05, 3.63) is 63.5 Å². The zero-order valence-electron chi connectivity index (χ0n) is 20.0. The van der Waals surface area contributed by atoms with Gasteiger partial charge in [0.25, 0.3) is 17.9 Å². The summed E-state index contributed by atoms with van der Waals surface area (Å²) in [5, 5.41) is 3.36. The maximum absolute atomic E-state index is 14.7. The number of fused-ring (bicyclic) bond motifs is 1. The number of halogens is 3. The fraction of sp³-hybridized carbons (Fsp3) is 0.417. The molecule has 192 valence electrons. The number of benzene rings is 1. The number of hydrogen-bond acceptors (Lipinski definition) is 7. The highest BCUT2D eigenvalue weighted by Crippen LogP contribution is 2.30. The minimum absolute atomic E-state index is 0.0245. The van der Waals surface area contributed by atoms with Crippen molar-refractivity contribution in [1.29, 1.82) is 0 Å². The number of aryl methyl sites for hydroxylation is 1. The minimum Gasteiger partial charge on any atom is -0.382 e. The summed E-state index contributed by atoms with van der Waals surface area (Å²) in [7, 11) is 3.00. The number of carbonyl (C=O) groups is 1. The van der Waals surface area contributed by atoms with Gasteiger partial charge in [-0.25, -0.2) is 23.1 Å². The summed E-state index contributed by atoms with van der Waals surface area (Å²) in [6, 6.07) is 4.08. The molecule has 3 aromatic rings. The lowest BCUT2D eigenvalue weighted by molar-refractivity contribution is -0.0252. The van der Waals surface area contributed by atoms with Crippen molar-refractivity contribution in [1.82, 2.24) is 19.4 Å². The molecule has 0 bridgehead atoms. The quantitative estimate of drug-likeness (QED) is 0.527. The Morgan fingerprint density at radius 1 is 1.31 bits per heavy atom. The molecule has 1 saturated heterocycles. The Bertz CT molecular complexity index is 1330. The first-order valence-corrected chi connectivity index (χ1v) is 11.3. The molecular formula is C24H26F3N5O4. The van der Waals surface area contributed by atoms with Crippen molar-refractivity contribution in [3.63, 3.8) is 0 Å². The number of alkyl halides is 2. The van der Waals surface area contributed by atoms with Gasteiger partial charge < -0.3 is 19.7 Å². The predicted octanol–water partition coefficient (Wildman–Crippen LogP) is 3.07. The topological polar surface area (TPSA) is 98.6 Å². The third-order valence-corrected chi connectivity index (χ3v) is 6.20. The van der Waals surface area contributed by atoms with Crippen molar-refractivity contribution in [2.75, 3.05) is 38.8 Å². The van der Waals surface area contributed by atoms with Gasteiger partial charge in [-0.2, -0.15) is 0 Å². The Morgan fingerprint density at radius 2 is 2.06 bits per heavy atom. The van der Waals surface area contributed by atoms with Crippen molar-refractivity contribution in [3.8, 4) is 0 Å². The van der Waals surface area contributed by atoms with E-state index in [0.29, 0.717) is 18.5 Å². The molecule has 1 N–H and O–H groups in total. The maximum Gasteiger partial charge on any atom is 0.266 e. The third-order valence-electron chi connectivity index (χ3n) is 6.20. The second kappa shape index (κ2) is 10.6. The van der Waals surface area contributed by atoms with Crippen molar-refractivity contribution >= 4 is 22.8 Å². The normalized spacial score (nSPS) is 17.0. The lowest BCUT2D eigenvalue weighted by Crippen LogP contribution is -2.52. The zero-order chi connectivity index (χ0) is 26.0.